The van der Waals surface area contributed by atoms with Gasteiger partial charge in [0.05, 0.1) is 16.8 Å². The van der Waals surface area contributed by atoms with Crippen LogP contribution in [-0.4, -0.2) is 15.5 Å². The number of carbonyl (C=O) groups excluding carboxylic acids is 1. The van der Waals surface area contributed by atoms with Crippen LogP contribution in [0.25, 0.3) is 10.8 Å². The summed E-state index contributed by atoms with van der Waals surface area (Å²) >= 11 is 0. The van der Waals surface area contributed by atoms with Crippen LogP contribution in [0, 0.1) is 6.92 Å². The fourth-order valence-corrected chi connectivity index (χ4v) is 3.29. The molecule has 1 aliphatic carbocycles. The molecule has 126 valence electrons. The number of fused-ring (bicyclic) bond motifs is 1. The zero-order valence-electron chi connectivity index (χ0n) is 14.2. The smallest absolute Gasteiger partial charge is 0.250 e. The Bertz CT molecular complexity index is 1040. The van der Waals surface area contributed by atoms with Gasteiger partial charge in [0, 0.05) is 30.9 Å². The van der Waals surface area contributed by atoms with Crippen LogP contribution in [0.4, 0.5) is 5.69 Å². The van der Waals surface area contributed by atoms with E-state index in [4.69, 9.17) is 0 Å². The van der Waals surface area contributed by atoms with Gasteiger partial charge in [-0.2, -0.15) is 0 Å². The highest BCUT2D eigenvalue weighted by Gasteiger charge is 2.53. The average Bonchev–Trinajstić information content (AvgIpc) is 3.41. The lowest BCUT2D eigenvalue weighted by Crippen LogP contribution is -2.30. The first-order valence-electron chi connectivity index (χ1n) is 8.34. The Balaban J connectivity index is 1.73. The van der Waals surface area contributed by atoms with Crippen molar-refractivity contribution < 1.29 is 4.79 Å². The molecule has 0 unspecified atom stereocenters. The summed E-state index contributed by atoms with van der Waals surface area (Å²) in [4.78, 5) is 29.3. The van der Waals surface area contributed by atoms with Crippen molar-refractivity contribution in [2.75, 3.05) is 5.32 Å². The van der Waals surface area contributed by atoms with Crippen molar-refractivity contribution in [3.05, 3.63) is 70.4 Å². The van der Waals surface area contributed by atoms with Gasteiger partial charge in [0.15, 0.2) is 0 Å². The highest BCUT2D eigenvalue weighted by Crippen LogP contribution is 2.50. The van der Waals surface area contributed by atoms with Gasteiger partial charge in [0.2, 0.25) is 5.91 Å². The molecule has 25 heavy (non-hydrogen) atoms. The van der Waals surface area contributed by atoms with Gasteiger partial charge in [0.25, 0.3) is 5.56 Å². The summed E-state index contributed by atoms with van der Waals surface area (Å²) in [5, 5.41) is 5.12. The monoisotopic (exact) mass is 333 g/mol. The van der Waals surface area contributed by atoms with E-state index in [9.17, 15) is 9.59 Å². The normalized spacial score (nSPS) is 15.1. The first-order valence-corrected chi connectivity index (χ1v) is 8.34. The van der Waals surface area contributed by atoms with E-state index in [0.29, 0.717) is 5.69 Å². The second kappa shape index (κ2) is 5.55. The Morgan fingerprint density at radius 3 is 2.76 bits per heavy atom. The number of aromatic nitrogens is 2. The average molecular weight is 333 g/mol. The molecule has 5 nitrogen and oxygen atoms in total. The molecule has 0 saturated heterocycles. The summed E-state index contributed by atoms with van der Waals surface area (Å²) in [6, 6.07) is 11.5. The molecule has 5 heteroatoms. The maximum absolute atomic E-state index is 13.1. The quantitative estimate of drug-likeness (QED) is 0.801. The van der Waals surface area contributed by atoms with Crippen molar-refractivity contribution in [3.8, 4) is 0 Å². The third kappa shape index (κ3) is 2.52. The van der Waals surface area contributed by atoms with Crippen molar-refractivity contribution in [2.24, 2.45) is 7.05 Å². The highest BCUT2D eigenvalue weighted by atomic mass is 16.2. The number of anilines is 1. The van der Waals surface area contributed by atoms with Gasteiger partial charge in [0.1, 0.15) is 0 Å². The van der Waals surface area contributed by atoms with E-state index in [-0.39, 0.29) is 11.5 Å². The topological polar surface area (TPSA) is 64.0 Å². The van der Waals surface area contributed by atoms with E-state index >= 15 is 0 Å². The van der Waals surface area contributed by atoms with Gasteiger partial charge in [-0.3, -0.25) is 14.6 Å². The van der Waals surface area contributed by atoms with E-state index in [1.165, 1.54) is 10.6 Å². The summed E-state index contributed by atoms with van der Waals surface area (Å²) in [5.41, 5.74) is 1.59. The number of amides is 1. The molecule has 0 radical (unpaired) electrons. The van der Waals surface area contributed by atoms with Crippen molar-refractivity contribution in [3.63, 3.8) is 0 Å². The minimum absolute atomic E-state index is 0.0573. The van der Waals surface area contributed by atoms with Crippen LogP contribution < -0.4 is 10.9 Å². The molecule has 2 heterocycles. The minimum atomic E-state index is -0.581. The fourth-order valence-electron chi connectivity index (χ4n) is 3.29. The summed E-state index contributed by atoms with van der Waals surface area (Å²) < 4.78 is 1.47. The maximum Gasteiger partial charge on any atom is 0.250 e. The second-order valence-electron chi connectivity index (χ2n) is 6.74. The third-order valence-electron chi connectivity index (χ3n) is 4.99. The molecule has 1 aliphatic rings. The molecule has 0 spiro atoms. The Kier molecular flexibility index (Phi) is 3.46. The minimum Gasteiger partial charge on any atom is -0.324 e. The molecule has 1 N–H and O–H groups in total. The Morgan fingerprint density at radius 2 is 2.00 bits per heavy atom. The largest absolute Gasteiger partial charge is 0.324 e. The standard InChI is InChI=1S/C20H19N3O2/c1-13-11-17(24)23(2)12-16(13)22-19(25)20(8-9-20)18-15-6-4-3-5-14(15)7-10-21-18/h3-7,10-12H,8-9H2,1-2H3,(H,22,25). The van der Waals surface area contributed by atoms with Gasteiger partial charge < -0.3 is 9.88 Å². The molecule has 1 fully saturated rings. The predicted octanol–water partition coefficient (Wildman–Crippen LogP) is 2.91. The number of carbonyl (C=O) groups is 1. The zero-order chi connectivity index (χ0) is 17.6. The molecule has 4 rings (SSSR count). The number of rotatable bonds is 3. The molecule has 2 aromatic heterocycles. The summed E-state index contributed by atoms with van der Waals surface area (Å²) in [7, 11) is 1.68. The van der Waals surface area contributed by atoms with Gasteiger partial charge in [-0.05, 0) is 36.8 Å². The molecular formula is C20H19N3O2. The molecule has 1 aromatic carbocycles. The van der Waals surface area contributed by atoms with E-state index < -0.39 is 5.41 Å². The number of nitrogens with one attached hydrogen (secondary N) is 1. The Hall–Kier alpha value is -2.95. The van der Waals surface area contributed by atoms with Crippen LogP contribution in [0.15, 0.2) is 53.6 Å². The third-order valence-corrected chi connectivity index (χ3v) is 4.99. The van der Waals surface area contributed by atoms with Gasteiger partial charge in [-0.1, -0.05) is 24.3 Å². The number of pyridine rings is 2. The number of hydrogen-bond acceptors (Lipinski definition) is 3. The SMILES string of the molecule is Cc1cc(=O)n(C)cc1NC(=O)C1(c2nccc3ccccc23)CC1. The Morgan fingerprint density at radius 1 is 1.24 bits per heavy atom. The summed E-state index contributed by atoms with van der Waals surface area (Å²) in [5.74, 6) is -0.0573. The van der Waals surface area contributed by atoms with Gasteiger partial charge in [-0.15, -0.1) is 0 Å². The number of nitrogens with zero attached hydrogens (tertiary/aromatic N) is 2. The van der Waals surface area contributed by atoms with Crippen molar-refractivity contribution in [1.29, 1.82) is 0 Å². The first kappa shape index (κ1) is 15.6. The van der Waals surface area contributed by atoms with Crippen molar-refractivity contribution >= 4 is 22.4 Å². The first-order chi connectivity index (χ1) is 12.0. The lowest BCUT2D eigenvalue weighted by Gasteiger charge is -2.18. The zero-order valence-corrected chi connectivity index (χ0v) is 14.2. The van der Waals surface area contributed by atoms with Crippen LogP contribution >= 0.6 is 0 Å². The predicted molar refractivity (Wildman–Crippen MR) is 97.7 cm³/mol. The van der Waals surface area contributed by atoms with Crippen molar-refractivity contribution in [2.45, 2.75) is 25.2 Å². The van der Waals surface area contributed by atoms with Crippen LogP contribution in [0.1, 0.15) is 24.1 Å². The molecule has 3 aromatic rings. The van der Waals surface area contributed by atoms with Crippen LogP contribution in [0.2, 0.25) is 0 Å². The van der Waals surface area contributed by atoms with Gasteiger partial charge >= 0.3 is 0 Å². The molecule has 1 amide bonds. The molecule has 1 saturated carbocycles. The summed E-state index contributed by atoms with van der Waals surface area (Å²) in [6.07, 6.45) is 5.00. The molecule has 0 atom stereocenters. The maximum atomic E-state index is 13.1. The van der Waals surface area contributed by atoms with E-state index in [1.54, 1.807) is 19.4 Å². The van der Waals surface area contributed by atoms with Crippen molar-refractivity contribution in [1.82, 2.24) is 9.55 Å². The van der Waals surface area contributed by atoms with E-state index in [2.05, 4.69) is 10.3 Å². The lowest BCUT2D eigenvalue weighted by molar-refractivity contribution is -0.118. The van der Waals surface area contributed by atoms with E-state index in [1.807, 2.05) is 37.3 Å². The molecule has 0 aliphatic heterocycles. The van der Waals surface area contributed by atoms with Crippen LogP contribution in [0.3, 0.4) is 0 Å². The Labute approximate surface area is 145 Å². The molecular weight excluding hydrogens is 314 g/mol. The fraction of sp³-hybridized carbons (Fsp3) is 0.250. The second-order valence-corrected chi connectivity index (χ2v) is 6.74. The number of benzene rings is 1. The number of hydrogen-bond donors (Lipinski definition) is 1. The highest BCUT2D eigenvalue weighted by molar-refractivity contribution is 6.04. The molecule has 0 bridgehead atoms. The van der Waals surface area contributed by atoms with Gasteiger partial charge in [-0.25, -0.2) is 0 Å². The van der Waals surface area contributed by atoms with Crippen LogP contribution in [-0.2, 0) is 17.3 Å². The number of aryl methyl sites for hydroxylation is 2. The van der Waals surface area contributed by atoms with Crippen LogP contribution in [0.5, 0.6) is 0 Å². The van der Waals surface area contributed by atoms with E-state index in [0.717, 1.165) is 34.9 Å². The summed E-state index contributed by atoms with van der Waals surface area (Å²) in [6.45, 7) is 1.83. The lowest BCUT2D eigenvalue weighted by atomic mass is 9.95.